The summed E-state index contributed by atoms with van der Waals surface area (Å²) in [4.78, 5) is 22.1. The summed E-state index contributed by atoms with van der Waals surface area (Å²) in [5.74, 6) is -0.402. The molecule has 0 radical (unpaired) electrons. The van der Waals surface area contributed by atoms with Crippen molar-refractivity contribution in [3.05, 3.63) is 28.3 Å². The SMILES string of the molecule is CCCCC(=O)Oc1c(OC(C)C)cccc1[N+](=O)[O-]. The molecule has 1 aromatic rings. The van der Waals surface area contributed by atoms with E-state index >= 15 is 0 Å². The number of carbonyl (C=O) groups excluding carboxylic acids is 1. The Balaban J connectivity index is 3.04. The van der Waals surface area contributed by atoms with E-state index in [4.69, 9.17) is 9.47 Å². The first-order valence-electron chi connectivity index (χ1n) is 6.60. The average Bonchev–Trinajstić information content (AvgIpc) is 2.37. The lowest BCUT2D eigenvalue weighted by Crippen LogP contribution is -2.12. The molecule has 0 aliphatic heterocycles. The first-order chi connectivity index (χ1) is 9.45. The molecule has 0 bridgehead atoms. The van der Waals surface area contributed by atoms with Gasteiger partial charge >= 0.3 is 11.7 Å². The van der Waals surface area contributed by atoms with Crippen molar-refractivity contribution in [3.8, 4) is 11.5 Å². The first-order valence-corrected chi connectivity index (χ1v) is 6.60. The van der Waals surface area contributed by atoms with Crippen LogP contribution in [0.2, 0.25) is 0 Å². The maximum absolute atomic E-state index is 11.7. The van der Waals surface area contributed by atoms with E-state index in [-0.39, 0.29) is 29.7 Å². The number of ether oxygens (including phenoxy) is 2. The van der Waals surface area contributed by atoms with Crippen LogP contribution in [-0.4, -0.2) is 17.0 Å². The van der Waals surface area contributed by atoms with Gasteiger partial charge < -0.3 is 9.47 Å². The van der Waals surface area contributed by atoms with Crippen LogP contribution >= 0.6 is 0 Å². The second kappa shape index (κ2) is 7.47. The second-order valence-corrected chi connectivity index (χ2v) is 4.61. The number of rotatable bonds is 7. The number of nitro benzene ring substituents is 1. The highest BCUT2D eigenvalue weighted by molar-refractivity contribution is 5.75. The zero-order valence-electron chi connectivity index (χ0n) is 11.9. The van der Waals surface area contributed by atoms with E-state index < -0.39 is 10.9 Å². The number of hydrogen-bond acceptors (Lipinski definition) is 5. The molecule has 1 aromatic carbocycles. The van der Waals surface area contributed by atoms with Crippen LogP contribution in [0.4, 0.5) is 5.69 Å². The van der Waals surface area contributed by atoms with Gasteiger partial charge in [0.05, 0.1) is 11.0 Å². The number of unbranched alkanes of at least 4 members (excludes halogenated alkanes) is 1. The van der Waals surface area contributed by atoms with Crippen molar-refractivity contribution in [1.29, 1.82) is 0 Å². The van der Waals surface area contributed by atoms with E-state index in [0.717, 1.165) is 6.42 Å². The highest BCUT2D eigenvalue weighted by Crippen LogP contribution is 2.37. The molecule has 20 heavy (non-hydrogen) atoms. The fourth-order valence-electron chi connectivity index (χ4n) is 1.58. The molecular weight excluding hydrogens is 262 g/mol. The lowest BCUT2D eigenvalue weighted by molar-refractivity contribution is -0.385. The Kier molecular flexibility index (Phi) is 5.96. The van der Waals surface area contributed by atoms with Crippen LogP contribution < -0.4 is 9.47 Å². The smallest absolute Gasteiger partial charge is 0.315 e. The molecular formula is C14H19NO5. The molecule has 0 spiro atoms. The van der Waals surface area contributed by atoms with Crippen LogP contribution in [0.5, 0.6) is 11.5 Å². The predicted molar refractivity (Wildman–Crippen MR) is 74.0 cm³/mol. The predicted octanol–water partition coefficient (Wildman–Crippen LogP) is 3.48. The number of hydrogen-bond donors (Lipinski definition) is 0. The summed E-state index contributed by atoms with van der Waals surface area (Å²) in [7, 11) is 0. The van der Waals surface area contributed by atoms with Crippen LogP contribution in [-0.2, 0) is 4.79 Å². The Hall–Kier alpha value is -2.11. The van der Waals surface area contributed by atoms with Gasteiger partial charge in [-0.25, -0.2) is 0 Å². The number of carbonyl (C=O) groups is 1. The Bertz CT molecular complexity index is 484. The van der Waals surface area contributed by atoms with Gasteiger partial charge in [0, 0.05) is 12.5 Å². The lowest BCUT2D eigenvalue weighted by atomic mass is 10.2. The summed E-state index contributed by atoms with van der Waals surface area (Å²) in [5.41, 5.74) is -0.270. The van der Waals surface area contributed by atoms with Gasteiger partial charge in [0.25, 0.3) is 0 Å². The number of para-hydroxylation sites is 1. The van der Waals surface area contributed by atoms with Crippen molar-refractivity contribution in [1.82, 2.24) is 0 Å². The largest absolute Gasteiger partial charge is 0.487 e. The molecule has 0 N–H and O–H groups in total. The minimum absolute atomic E-state index is 0.118. The lowest BCUT2D eigenvalue weighted by Gasteiger charge is -2.13. The minimum Gasteiger partial charge on any atom is -0.487 e. The molecule has 0 fully saturated rings. The van der Waals surface area contributed by atoms with Crippen LogP contribution in [0.15, 0.2) is 18.2 Å². The fraction of sp³-hybridized carbons (Fsp3) is 0.500. The van der Waals surface area contributed by atoms with Crippen LogP contribution in [0.3, 0.4) is 0 Å². The highest BCUT2D eigenvalue weighted by Gasteiger charge is 2.23. The van der Waals surface area contributed by atoms with Gasteiger partial charge in [-0.3, -0.25) is 14.9 Å². The van der Waals surface area contributed by atoms with Gasteiger partial charge in [-0.15, -0.1) is 0 Å². The van der Waals surface area contributed by atoms with Crippen molar-refractivity contribution in [2.24, 2.45) is 0 Å². The molecule has 0 aliphatic rings. The van der Waals surface area contributed by atoms with E-state index in [1.807, 2.05) is 6.92 Å². The molecule has 0 aliphatic carbocycles. The third kappa shape index (κ3) is 4.53. The van der Waals surface area contributed by atoms with Gasteiger partial charge in [0.1, 0.15) is 0 Å². The average molecular weight is 281 g/mol. The second-order valence-electron chi connectivity index (χ2n) is 4.61. The van der Waals surface area contributed by atoms with Crippen LogP contribution in [0.1, 0.15) is 40.0 Å². The zero-order valence-corrected chi connectivity index (χ0v) is 11.9. The number of esters is 1. The summed E-state index contributed by atoms with van der Waals surface area (Å²) in [6, 6.07) is 4.34. The van der Waals surface area contributed by atoms with Crippen LogP contribution in [0, 0.1) is 10.1 Å². The number of nitro groups is 1. The van der Waals surface area contributed by atoms with E-state index in [1.54, 1.807) is 19.9 Å². The molecule has 6 heteroatoms. The highest BCUT2D eigenvalue weighted by atomic mass is 16.6. The molecule has 0 amide bonds. The van der Waals surface area contributed by atoms with Crippen molar-refractivity contribution >= 4 is 11.7 Å². The van der Waals surface area contributed by atoms with Crippen molar-refractivity contribution in [2.45, 2.75) is 46.1 Å². The van der Waals surface area contributed by atoms with Crippen LogP contribution in [0.25, 0.3) is 0 Å². The standard InChI is InChI=1S/C14H19NO5/c1-4-5-9-13(16)20-14-11(15(17)18)7-6-8-12(14)19-10(2)3/h6-8,10H,4-5,9H2,1-3H3. The molecule has 0 aromatic heterocycles. The van der Waals surface area contributed by atoms with Gasteiger partial charge in [-0.2, -0.15) is 0 Å². The Morgan fingerprint density at radius 1 is 1.40 bits per heavy atom. The van der Waals surface area contributed by atoms with Crippen molar-refractivity contribution in [3.63, 3.8) is 0 Å². The van der Waals surface area contributed by atoms with Gasteiger partial charge in [-0.1, -0.05) is 19.4 Å². The van der Waals surface area contributed by atoms with E-state index in [0.29, 0.717) is 6.42 Å². The maximum Gasteiger partial charge on any atom is 0.315 e. The molecule has 0 unspecified atom stereocenters. The summed E-state index contributed by atoms with van der Waals surface area (Å²) < 4.78 is 10.6. The number of nitrogens with zero attached hydrogens (tertiary/aromatic N) is 1. The summed E-state index contributed by atoms with van der Waals surface area (Å²) in [6.45, 7) is 5.54. The topological polar surface area (TPSA) is 78.7 Å². The monoisotopic (exact) mass is 281 g/mol. The van der Waals surface area contributed by atoms with E-state index in [2.05, 4.69) is 0 Å². The van der Waals surface area contributed by atoms with Crippen molar-refractivity contribution in [2.75, 3.05) is 0 Å². The fourth-order valence-corrected chi connectivity index (χ4v) is 1.58. The molecule has 0 atom stereocenters. The minimum atomic E-state index is -0.588. The van der Waals surface area contributed by atoms with E-state index in [9.17, 15) is 14.9 Å². The first kappa shape index (κ1) is 15.9. The van der Waals surface area contributed by atoms with Crippen molar-refractivity contribution < 1.29 is 19.2 Å². The maximum atomic E-state index is 11.7. The quantitative estimate of drug-likeness (QED) is 0.331. The summed E-state index contributed by atoms with van der Waals surface area (Å²) in [6.07, 6.45) is 1.58. The van der Waals surface area contributed by atoms with Gasteiger partial charge in [0.15, 0.2) is 5.75 Å². The molecule has 0 saturated heterocycles. The summed E-state index contributed by atoms with van der Waals surface area (Å²) >= 11 is 0. The summed E-state index contributed by atoms with van der Waals surface area (Å²) in [5, 5.41) is 11.0. The normalized spacial score (nSPS) is 10.4. The molecule has 110 valence electrons. The number of benzene rings is 1. The molecule has 0 heterocycles. The Morgan fingerprint density at radius 2 is 2.10 bits per heavy atom. The molecule has 0 saturated carbocycles. The van der Waals surface area contributed by atoms with Gasteiger partial charge in [0.2, 0.25) is 5.75 Å². The Morgan fingerprint density at radius 3 is 2.65 bits per heavy atom. The molecule has 6 nitrogen and oxygen atoms in total. The third-order valence-electron chi connectivity index (χ3n) is 2.47. The Labute approximate surface area is 117 Å². The van der Waals surface area contributed by atoms with E-state index in [1.165, 1.54) is 12.1 Å². The molecule has 1 rings (SSSR count). The van der Waals surface area contributed by atoms with Gasteiger partial charge in [-0.05, 0) is 26.3 Å². The third-order valence-corrected chi connectivity index (χ3v) is 2.47. The zero-order chi connectivity index (χ0) is 15.1.